The van der Waals surface area contributed by atoms with Crippen LogP contribution in [0.5, 0.6) is 0 Å². The number of methoxy groups -OCH3 is 1. The van der Waals surface area contributed by atoms with Gasteiger partial charge in [0.1, 0.15) is 0 Å². The van der Waals surface area contributed by atoms with Gasteiger partial charge in [-0.25, -0.2) is 4.79 Å². The molecule has 0 unspecified atom stereocenters. The van der Waals surface area contributed by atoms with Crippen LogP contribution in [0.1, 0.15) is 117 Å². The summed E-state index contributed by atoms with van der Waals surface area (Å²) in [6, 6.07) is 0. The van der Waals surface area contributed by atoms with Gasteiger partial charge in [-0.3, -0.25) is 9.59 Å². The summed E-state index contributed by atoms with van der Waals surface area (Å²) in [5.74, 6) is -4.22. The van der Waals surface area contributed by atoms with E-state index in [1.807, 2.05) is 0 Å². The van der Waals surface area contributed by atoms with E-state index in [1.165, 1.54) is 85.2 Å². The predicted octanol–water partition coefficient (Wildman–Crippen LogP) is 5.85. The van der Waals surface area contributed by atoms with E-state index in [9.17, 15) is 14.4 Å². The summed E-state index contributed by atoms with van der Waals surface area (Å²) in [6.45, 7) is 4.59. The molecule has 0 aliphatic carbocycles. The first kappa shape index (κ1) is 27.4. The third-order valence-corrected chi connectivity index (χ3v) is 4.97. The molecular formula is C23H42O6. The van der Waals surface area contributed by atoms with E-state index in [4.69, 9.17) is 14.2 Å². The van der Waals surface area contributed by atoms with Gasteiger partial charge in [0.05, 0.1) is 7.11 Å². The molecular weight excluding hydrogens is 372 g/mol. The summed E-state index contributed by atoms with van der Waals surface area (Å²) in [4.78, 5) is 34.9. The number of carbonyl (C=O) groups is 3. The normalized spacial score (nSPS) is 11.2. The van der Waals surface area contributed by atoms with Gasteiger partial charge in [0.15, 0.2) is 0 Å². The molecule has 0 aliphatic heterocycles. The molecule has 0 N–H and O–H groups in total. The molecule has 0 bridgehead atoms. The first-order chi connectivity index (χ1) is 13.9. The van der Waals surface area contributed by atoms with Gasteiger partial charge in [0.2, 0.25) is 0 Å². The van der Waals surface area contributed by atoms with Gasteiger partial charge in [-0.05, 0) is 6.42 Å². The maximum Gasteiger partial charge on any atom is 0.392 e. The van der Waals surface area contributed by atoms with Crippen molar-refractivity contribution in [1.29, 1.82) is 0 Å². The molecule has 0 atom stereocenters. The Morgan fingerprint density at radius 2 is 0.966 bits per heavy atom. The highest BCUT2D eigenvalue weighted by atomic mass is 16.8. The molecule has 0 fully saturated rings. The molecule has 0 heterocycles. The van der Waals surface area contributed by atoms with Crippen molar-refractivity contribution in [3.05, 3.63) is 0 Å². The van der Waals surface area contributed by atoms with Crippen molar-refractivity contribution in [2.75, 3.05) is 7.11 Å². The summed E-state index contributed by atoms with van der Waals surface area (Å²) in [5, 5.41) is 0. The van der Waals surface area contributed by atoms with E-state index in [-0.39, 0.29) is 6.42 Å². The molecule has 170 valence electrons. The molecule has 0 radical (unpaired) electrons. The molecule has 6 heteroatoms. The molecule has 6 nitrogen and oxygen atoms in total. The van der Waals surface area contributed by atoms with Crippen molar-refractivity contribution in [3.63, 3.8) is 0 Å². The highest BCUT2D eigenvalue weighted by Crippen LogP contribution is 2.25. The van der Waals surface area contributed by atoms with Gasteiger partial charge in [-0.15, -0.1) is 0 Å². The lowest BCUT2D eigenvalue weighted by molar-refractivity contribution is -0.238. The maximum atomic E-state index is 12.1. The second-order valence-corrected chi connectivity index (χ2v) is 7.78. The number of hydrogen-bond acceptors (Lipinski definition) is 6. The van der Waals surface area contributed by atoms with Crippen LogP contribution in [0.15, 0.2) is 0 Å². The fraction of sp³-hybridized carbons (Fsp3) is 0.870. The van der Waals surface area contributed by atoms with Gasteiger partial charge in [-0.1, -0.05) is 90.4 Å². The zero-order chi connectivity index (χ0) is 22.0. The minimum Gasteiger partial charge on any atom is -0.463 e. The monoisotopic (exact) mass is 414 g/mol. The van der Waals surface area contributed by atoms with E-state index in [0.717, 1.165) is 19.3 Å². The Morgan fingerprint density at radius 3 is 1.28 bits per heavy atom. The summed E-state index contributed by atoms with van der Waals surface area (Å²) in [6.07, 6.45) is 17.0. The van der Waals surface area contributed by atoms with E-state index >= 15 is 0 Å². The number of esters is 3. The van der Waals surface area contributed by atoms with E-state index in [2.05, 4.69) is 6.92 Å². The fourth-order valence-corrected chi connectivity index (χ4v) is 3.48. The van der Waals surface area contributed by atoms with Gasteiger partial charge in [0, 0.05) is 20.3 Å². The molecule has 0 aromatic rings. The molecule has 0 aromatic heterocycles. The number of hydrogen-bond donors (Lipinski definition) is 0. The standard InChI is InChI=1S/C23H42O6/c1-5-6-7-8-9-10-11-12-13-14-15-16-17-18-19-23(22(26)27-4,28-20(2)24)29-21(3)25/h5-19H2,1-4H3. The Kier molecular flexibility index (Phi) is 16.3. The highest BCUT2D eigenvalue weighted by molar-refractivity contribution is 5.84. The van der Waals surface area contributed by atoms with Gasteiger partial charge in [0.25, 0.3) is 0 Å². The van der Waals surface area contributed by atoms with Crippen molar-refractivity contribution >= 4 is 17.9 Å². The lowest BCUT2D eigenvalue weighted by Gasteiger charge is -2.29. The number of rotatable bonds is 18. The van der Waals surface area contributed by atoms with Crippen LogP contribution in [-0.2, 0) is 28.6 Å². The summed E-state index contributed by atoms with van der Waals surface area (Å²) in [7, 11) is 1.18. The summed E-state index contributed by atoms with van der Waals surface area (Å²) >= 11 is 0. The van der Waals surface area contributed by atoms with Crippen LogP contribution in [0, 0.1) is 0 Å². The topological polar surface area (TPSA) is 78.9 Å². The van der Waals surface area contributed by atoms with Crippen LogP contribution in [0.2, 0.25) is 0 Å². The SMILES string of the molecule is CCCCCCCCCCCCCCCCC(OC(C)=O)(OC(C)=O)C(=O)OC. The van der Waals surface area contributed by atoms with Crippen LogP contribution in [-0.4, -0.2) is 30.8 Å². The highest BCUT2D eigenvalue weighted by Gasteiger charge is 2.46. The lowest BCUT2D eigenvalue weighted by atomic mass is 10.0. The van der Waals surface area contributed by atoms with Crippen LogP contribution in [0.25, 0.3) is 0 Å². The molecule has 0 aliphatic rings. The molecule has 0 rings (SSSR count). The van der Waals surface area contributed by atoms with Crippen molar-refractivity contribution < 1.29 is 28.6 Å². The van der Waals surface area contributed by atoms with Crippen molar-refractivity contribution in [1.82, 2.24) is 0 Å². The molecule has 29 heavy (non-hydrogen) atoms. The van der Waals surface area contributed by atoms with Gasteiger partial charge in [-0.2, -0.15) is 0 Å². The van der Waals surface area contributed by atoms with Crippen LogP contribution < -0.4 is 0 Å². The minimum atomic E-state index is -1.97. The minimum absolute atomic E-state index is 0.108. The Balaban J connectivity index is 3.96. The van der Waals surface area contributed by atoms with Gasteiger partial charge >= 0.3 is 23.7 Å². The zero-order valence-corrected chi connectivity index (χ0v) is 19.1. The number of unbranched alkanes of at least 4 members (excludes halogenated alkanes) is 13. The first-order valence-corrected chi connectivity index (χ1v) is 11.4. The lowest BCUT2D eigenvalue weighted by Crippen LogP contribution is -2.47. The van der Waals surface area contributed by atoms with Crippen molar-refractivity contribution in [3.8, 4) is 0 Å². The second kappa shape index (κ2) is 17.3. The van der Waals surface area contributed by atoms with E-state index in [1.54, 1.807) is 0 Å². The largest absolute Gasteiger partial charge is 0.463 e. The van der Waals surface area contributed by atoms with Crippen LogP contribution in [0.4, 0.5) is 0 Å². The number of carbonyl (C=O) groups excluding carboxylic acids is 3. The Labute approximate surface area is 177 Å². The maximum absolute atomic E-state index is 12.1. The van der Waals surface area contributed by atoms with Crippen molar-refractivity contribution in [2.45, 2.75) is 123 Å². The second-order valence-electron chi connectivity index (χ2n) is 7.78. The average Bonchev–Trinajstić information content (AvgIpc) is 2.66. The van der Waals surface area contributed by atoms with Gasteiger partial charge < -0.3 is 14.2 Å². The first-order valence-electron chi connectivity index (χ1n) is 11.4. The predicted molar refractivity (Wildman–Crippen MR) is 113 cm³/mol. The van der Waals surface area contributed by atoms with E-state index in [0.29, 0.717) is 6.42 Å². The number of ether oxygens (including phenoxy) is 3. The Hall–Kier alpha value is -1.59. The Bertz CT molecular complexity index is 444. The third-order valence-electron chi connectivity index (χ3n) is 4.97. The molecule has 0 spiro atoms. The molecule has 0 saturated heterocycles. The van der Waals surface area contributed by atoms with Crippen LogP contribution >= 0.6 is 0 Å². The smallest absolute Gasteiger partial charge is 0.392 e. The molecule has 0 saturated carbocycles. The quantitative estimate of drug-likeness (QED) is 0.159. The van der Waals surface area contributed by atoms with Crippen molar-refractivity contribution in [2.24, 2.45) is 0 Å². The average molecular weight is 415 g/mol. The fourth-order valence-electron chi connectivity index (χ4n) is 3.48. The zero-order valence-electron chi connectivity index (χ0n) is 19.1. The third kappa shape index (κ3) is 14.1. The van der Waals surface area contributed by atoms with Crippen LogP contribution in [0.3, 0.4) is 0 Å². The summed E-state index contributed by atoms with van der Waals surface area (Å²) < 4.78 is 14.8. The van der Waals surface area contributed by atoms with E-state index < -0.39 is 23.7 Å². The molecule has 0 aromatic carbocycles. The summed E-state index contributed by atoms with van der Waals surface area (Å²) in [5.41, 5.74) is 0. The Morgan fingerprint density at radius 1 is 0.621 bits per heavy atom. The molecule has 0 amide bonds.